The molecule has 6 nitrogen and oxygen atoms in total. The average Bonchev–Trinajstić information content (AvgIpc) is 2.96. The zero-order chi connectivity index (χ0) is 16.8. The van der Waals surface area contributed by atoms with E-state index in [1.54, 1.807) is 20.2 Å². The highest BCUT2D eigenvalue weighted by atomic mass is 16.3. The van der Waals surface area contributed by atoms with E-state index < -0.39 is 0 Å². The number of hydrogen-bond donors (Lipinski definition) is 2. The number of aromatic nitrogens is 2. The molecule has 2 N–H and O–H groups in total. The van der Waals surface area contributed by atoms with Crippen LogP contribution in [0.2, 0.25) is 0 Å². The normalized spacial score (nSPS) is 12.0. The Morgan fingerprint density at radius 3 is 2.83 bits per heavy atom. The Morgan fingerprint density at radius 1 is 1.43 bits per heavy atom. The van der Waals surface area contributed by atoms with Gasteiger partial charge in [0.2, 0.25) is 0 Å². The molecular formula is C17H24N4O2. The van der Waals surface area contributed by atoms with Gasteiger partial charge in [0.05, 0.1) is 12.6 Å². The molecule has 124 valence electrons. The van der Waals surface area contributed by atoms with Crippen LogP contribution in [0.1, 0.15) is 23.9 Å². The molecule has 1 unspecified atom stereocenters. The molecule has 6 heteroatoms. The maximum atomic E-state index is 12.0. The molecule has 0 aliphatic rings. The fourth-order valence-electron chi connectivity index (χ4n) is 2.23. The van der Waals surface area contributed by atoms with Crippen molar-refractivity contribution in [3.8, 4) is 0 Å². The summed E-state index contributed by atoms with van der Waals surface area (Å²) in [7, 11) is 1.68. The van der Waals surface area contributed by atoms with Crippen molar-refractivity contribution < 1.29 is 9.90 Å². The summed E-state index contributed by atoms with van der Waals surface area (Å²) in [5, 5.41) is 12.0. The van der Waals surface area contributed by atoms with Crippen LogP contribution in [0.4, 0.5) is 4.79 Å². The molecule has 23 heavy (non-hydrogen) atoms. The Bertz CT molecular complexity index is 654. The quantitative estimate of drug-likeness (QED) is 0.853. The Balaban J connectivity index is 1.95. The van der Waals surface area contributed by atoms with Crippen LogP contribution in [-0.4, -0.2) is 45.3 Å². The number of imidazole rings is 1. The van der Waals surface area contributed by atoms with Gasteiger partial charge >= 0.3 is 6.03 Å². The van der Waals surface area contributed by atoms with E-state index in [2.05, 4.69) is 27.0 Å². The number of benzene rings is 1. The molecule has 0 aliphatic carbocycles. The number of urea groups is 1. The first-order chi connectivity index (χ1) is 11.0. The minimum Gasteiger partial charge on any atom is -0.394 e. The first kappa shape index (κ1) is 17.0. The number of amides is 2. The summed E-state index contributed by atoms with van der Waals surface area (Å²) in [6.07, 6.45) is 3.74. The lowest BCUT2D eigenvalue weighted by molar-refractivity contribution is 0.157. The standard InChI is InChI=1S/C17H24N4O2/c1-13(12-22)20(3)17(23)19-10-15-5-4-6-16(9-15)11-21-8-7-18-14(21)2/h4-9,13,22H,10-12H2,1-3H3,(H,19,23). The van der Waals surface area contributed by atoms with Crippen molar-refractivity contribution in [1.82, 2.24) is 19.8 Å². The van der Waals surface area contributed by atoms with E-state index in [1.807, 2.05) is 25.3 Å². The lowest BCUT2D eigenvalue weighted by Crippen LogP contribution is -2.43. The number of likely N-dealkylation sites (N-methyl/N-ethyl adjacent to an activating group) is 1. The summed E-state index contributed by atoms with van der Waals surface area (Å²) in [5.74, 6) is 0.975. The van der Waals surface area contributed by atoms with Crippen LogP contribution in [0.3, 0.4) is 0 Å². The van der Waals surface area contributed by atoms with Crippen molar-refractivity contribution in [2.45, 2.75) is 33.0 Å². The fraction of sp³-hybridized carbons (Fsp3) is 0.412. The van der Waals surface area contributed by atoms with Crippen LogP contribution >= 0.6 is 0 Å². The molecule has 2 aromatic rings. The third-order valence-electron chi connectivity index (χ3n) is 3.96. The molecule has 0 saturated carbocycles. The maximum Gasteiger partial charge on any atom is 0.317 e. The zero-order valence-electron chi connectivity index (χ0n) is 13.9. The second kappa shape index (κ2) is 7.78. The smallest absolute Gasteiger partial charge is 0.317 e. The molecule has 1 heterocycles. The predicted octanol–water partition coefficient (Wildman–Crippen LogP) is 1.76. The lowest BCUT2D eigenvalue weighted by Gasteiger charge is -2.23. The third-order valence-corrected chi connectivity index (χ3v) is 3.96. The van der Waals surface area contributed by atoms with Crippen LogP contribution < -0.4 is 5.32 Å². The number of nitrogens with one attached hydrogen (secondary N) is 1. The molecule has 0 spiro atoms. The molecule has 0 aliphatic heterocycles. The second-order valence-corrected chi connectivity index (χ2v) is 5.72. The summed E-state index contributed by atoms with van der Waals surface area (Å²) in [6, 6.07) is 7.72. The highest BCUT2D eigenvalue weighted by Crippen LogP contribution is 2.09. The van der Waals surface area contributed by atoms with E-state index in [4.69, 9.17) is 5.11 Å². The molecule has 0 bridgehead atoms. The molecule has 1 atom stereocenters. The second-order valence-electron chi connectivity index (χ2n) is 5.72. The zero-order valence-corrected chi connectivity index (χ0v) is 13.9. The third kappa shape index (κ3) is 4.56. The highest BCUT2D eigenvalue weighted by Gasteiger charge is 2.14. The minimum absolute atomic E-state index is 0.0519. The van der Waals surface area contributed by atoms with Gasteiger partial charge in [0.1, 0.15) is 5.82 Å². The number of aliphatic hydroxyl groups excluding tert-OH is 1. The van der Waals surface area contributed by atoms with Gasteiger partial charge in [-0.3, -0.25) is 0 Å². The maximum absolute atomic E-state index is 12.0. The first-order valence-electron chi connectivity index (χ1n) is 7.68. The van der Waals surface area contributed by atoms with Crippen LogP contribution in [0.5, 0.6) is 0 Å². The SMILES string of the molecule is Cc1nccn1Cc1cccc(CNC(=O)N(C)C(C)CO)c1. The number of aliphatic hydroxyl groups is 1. The molecule has 1 aromatic carbocycles. The Hall–Kier alpha value is -2.34. The van der Waals surface area contributed by atoms with Crippen LogP contribution in [-0.2, 0) is 13.1 Å². The van der Waals surface area contributed by atoms with E-state index in [0.717, 1.165) is 23.5 Å². The molecule has 2 amide bonds. The fourth-order valence-corrected chi connectivity index (χ4v) is 2.23. The first-order valence-corrected chi connectivity index (χ1v) is 7.68. The summed E-state index contributed by atoms with van der Waals surface area (Å²) in [6.45, 7) is 4.94. The molecule has 1 aromatic heterocycles. The van der Waals surface area contributed by atoms with Crippen molar-refractivity contribution in [2.75, 3.05) is 13.7 Å². The number of nitrogens with zero attached hydrogens (tertiary/aromatic N) is 3. The van der Waals surface area contributed by atoms with Crippen molar-refractivity contribution in [3.63, 3.8) is 0 Å². The van der Waals surface area contributed by atoms with E-state index in [1.165, 1.54) is 4.90 Å². The van der Waals surface area contributed by atoms with Crippen LogP contribution in [0.25, 0.3) is 0 Å². The van der Waals surface area contributed by atoms with Gasteiger partial charge in [-0.1, -0.05) is 24.3 Å². The summed E-state index contributed by atoms with van der Waals surface area (Å²) in [5.41, 5.74) is 2.20. The van der Waals surface area contributed by atoms with Gasteiger partial charge in [-0.25, -0.2) is 9.78 Å². The van der Waals surface area contributed by atoms with Gasteiger partial charge < -0.3 is 19.9 Å². The topological polar surface area (TPSA) is 70.4 Å². The van der Waals surface area contributed by atoms with Crippen molar-refractivity contribution in [3.05, 3.63) is 53.6 Å². The van der Waals surface area contributed by atoms with Gasteiger partial charge in [0, 0.05) is 32.5 Å². The van der Waals surface area contributed by atoms with E-state index in [9.17, 15) is 4.79 Å². The molecule has 0 fully saturated rings. The van der Waals surface area contributed by atoms with Gasteiger partial charge in [-0.15, -0.1) is 0 Å². The molecule has 2 rings (SSSR count). The average molecular weight is 316 g/mol. The summed E-state index contributed by atoms with van der Waals surface area (Å²) >= 11 is 0. The van der Waals surface area contributed by atoms with Crippen molar-refractivity contribution in [2.24, 2.45) is 0 Å². The molecule has 0 radical (unpaired) electrons. The summed E-state index contributed by atoms with van der Waals surface area (Å²) in [4.78, 5) is 17.7. The molecule has 0 saturated heterocycles. The minimum atomic E-state index is -0.203. The van der Waals surface area contributed by atoms with Gasteiger partial charge in [0.15, 0.2) is 0 Å². The predicted molar refractivity (Wildman–Crippen MR) is 89.1 cm³/mol. The highest BCUT2D eigenvalue weighted by molar-refractivity contribution is 5.74. The summed E-state index contributed by atoms with van der Waals surface area (Å²) < 4.78 is 2.08. The van der Waals surface area contributed by atoms with Gasteiger partial charge in [-0.05, 0) is 25.0 Å². The van der Waals surface area contributed by atoms with Crippen LogP contribution in [0, 0.1) is 6.92 Å². The monoisotopic (exact) mass is 316 g/mol. The Kier molecular flexibility index (Phi) is 5.76. The van der Waals surface area contributed by atoms with E-state index in [-0.39, 0.29) is 18.7 Å². The van der Waals surface area contributed by atoms with E-state index in [0.29, 0.717) is 6.54 Å². The number of hydrogen-bond acceptors (Lipinski definition) is 3. The number of aryl methyl sites for hydroxylation is 1. The van der Waals surface area contributed by atoms with Crippen molar-refractivity contribution >= 4 is 6.03 Å². The number of carbonyl (C=O) groups excluding carboxylic acids is 1. The number of rotatable bonds is 6. The largest absolute Gasteiger partial charge is 0.394 e. The Labute approximate surface area is 136 Å². The van der Waals surface area contributed by atoms with Gasteiger partial charge in [-0.2, -0.15) is 0 Å². The number of carbonyl (C=O) groups is 1. The van der Waals surface area contributed by atoms with Crippen molar-refractivity contribution in [1.29, 1.82) is 0 Å². The molecular weight excluding hydrogens is 292 g/mol. The van der Waals surface area contributed by atoms with Crippen LogP contribution in [0.15, 0.2) is 36.7 Å². The van der Waals surface area contributed by atoms with E-state index >= 15 is 0 Å². The lowest BCUT2D eigenvalue weighted by atomic mass is 10.1. The van der Waals surface area contributed by atoms with Gasteiger partial charge in [0.25, 0.3) is 0 Å². The Morgan fingerprint density at radius 2 is 2.17 bits per heavy atom.